The number of hydrogen-bond donors (Lipinski definition) is 0. The number of nitrogens with zero attached hydrogens (tertiary/aromatic N) is 8. The van der Waals surface area contributed by atoms with Gasteiger partial charge in [0, 0.05) is 34.4 Å². The van der Waals surface area contributed by atoms with Gasteiger partial charge in [-0.3, -0.25) is 9.59 Å². The molecule has 0 saturated carbocycles. The molecule has 4 aromatic carbocycles. The highest BCUT2D eigenvalue weighted by Crippen LogP contribution is 2.49. The van der Waals surface area contributed by atoms with E-state index in [2.05, 4.69) is 0 Å². The minimum Gasteiger partial charge on any atom is -0.444 e. The fraction of sp³-hybridized carbons (Fsp3) is 0.0400. The number of nitriles is 4. The van der Waals surface area contributed by atoms with Crippen LogP contribution >= 0.6 is 22.7 Å². The van der Waals surface area contributed by atoms with Crippen molar-refractivity contribution < 1.29 is 28.7 Å². The number of thiophene rings is 2. The van der Waals surface area contributed by atoms with Crippen molar-refractivity contribution in [3.8, 4) is 24.3 Å². The number of carbonyl (C=O) groups excluding carboxylic acids is 4. The number of rotatable bonds is 6. The van der Waals surface area contributed by atoms with Gasteiger partial charge in [0.1, 0.15) is 71.7 Å². The van der Waals surface area contributed by atoms with Gasteiger partial charge in [-0.25, -0.2) is 28.7 Å². The summed E-state index contributed by atoms with van der Waals surface area (Å²) in [6, 6.07) is 41.8. The summed E-state index contributed by atoms with van der Waals surface area (Å²) in [4.78, 5) is 66.2. The van der Waals surface area contributed by atoms with Crippen molar-refractivity contribution in [2.24, 2.45) is 9.98 Å². The van der Waals surface area contributed by atoms with Crippen LogP contribution in [0.2, 0.25) is 0 Å². The number of fused-ring (bicyclic) bond motifs is 7. The van der Waals surface area contributed by atoms with Crippen LogP contribution < -0.4 is 0 Å². The monoisotopic (exact) mass is 896 g/mol. The topological polar surface area (TPSA) is 216 Å². The van der Waals surface area contributed by atoms with Gasteiger partial charge in [0.25, 0.3) is 0 Å². The minimum absolute atomic E-state index is 0.0140. The Balaban J connectivity index is 1.19. The molecule has 0 bridgehead atoms. The van der Waals surface area contributed by atoms with Crippen LogP contribution in [0.15, 0.2) is 142 Å². The average molecular weight is 897 g/mol. The van der Waals surface area contributed by atoms with Gasteiger partial charge in [-0.05, 0) is 22.3 Å². The Kier molecular flexibility index (Phi) is 10.1. The highest BCUT2D eigenvalue weighted by atomic mass is 32.1. The second-order valence-electron chi connectivity index (χ2n) is 14.7. The van der Waals surface area contributed by atoms with Crippen molar-refractivity contribution in [1.29, 1.82) is 21.0 Å². The van der Waals surface area contributed by atoms with Crippen LogP contribution in [0.25, 0.3) is 41.0 Å². The largest absolute Gasteiger partial charge is 0.444 e. The number of ether oxygens (including phenoxy) is 2. The van der Waals surface area contributed by atoms with Gasteiger partial charge in [-0.15, -0.1) is 22.7 Å². The summed E-state index contributed by atoms with van der Waals surface area (Å²) in [6.07, 6.45) is -1.69. The zero-order valence-corrected chi connectivity index (χ0v) is 35.4. The van der Waals surface area contributed by atoms with E-state index in [-0.39, 0.29) is 69.7 Å². The molecule has 0 unspecified atom stereocenters. The van der Waals surface area contributed by atoms with E-state index in [1.807, 2.05) is 36.4 Å². The highest BCUT2D eigenvalue weighted by molar-refractivity contribution is 7.36. The zero-order chi connectivity index (χ0) is 45.6. The van der Waals surface area contributed by atoms with Crippen LogP contribution in [0.1, 0.15) is 43.0 Å². The van der Waals surface area contributed by atoms with E-state index < -0.39 is 23.8 Å². The predicted molar refractivity (Wildman–Crippen MR) is 247 cm³/mol. The van der Waals surface area contributed by atoms with E-state index in [4.69, 9.17) is 19.5 Å². The summed E-state index contributed by atoms with van der Waals surface area (Å²) >= 11 is 2.41. The molecule has 2 aliphatic rings. The van der Waals surface area contributed by atoms with Gasteiger partial charge >= 0.3 is 12.2 Å². The Labute approximate surface area is 381 Å². The van der Waals surface area contributed by atoms with Crippen molar-refractivity contribution >= 4 is 110 Å². The van der Waals surface area contributed by atoms with Crippen LogP contribution in [0, 0.1) is 45.3 Å². The Morgan fingerprint density at radius 1 is 0.515 bits per heavy atom. The quantitative estimate of drug-likeness (QED) is 0.144. The van der Waals surface area contributed by atoms with E-state index in [0.29, 0.717) is 52.1 Å². The summed E-state index contributed by atoms with van der Waals surface area (Å²) in [7, 11) is 0. The molecule has 10 rings (SSSR count). The number of allylic oxidation sites excluding steroid dienone is 4. The first-order chi connectivity index (χ1) is 32.2. The minimum atomic E-state index is -0.845. The second kappa shape index (κ2) is 16.4. The standard InChI is InChI=1S/C50H24N8O6S2/c51-21-29(22-52)39-31-15-7-9-17-33(31)45(59)41(39)55-37-19-35-43(57(37)49(61)63-25-27-11-3-1-4-12-27)47-48(65-35)44-36(66-47)20-38(58(44)50(62)64-26-28-13-5-2-6-14-28)56-42-40(30(23-53)24-54)32-16-8-10-18-34(32)46(42)60/h1-20H,25-26H2. The smallest absolute Gasteiger partial charge is 0.420 e. The lowest BCUT2D eigenvalue weighted by Gasteiger charge is -2.09. The van der Waals surface area contributed by atoms with Crippen molar-refractivity contribution in [3.63, 3.8) is 0 Å². The van der Waals surface area contributed by atoms with Gasteiger partial charge in [0.2, 0.25) is 11.6 Å². The zero-order valence-electron chi connectivity index (χ0n) is 33.8. The Morgan fingerprint density at radius 3 is 1.23 bits per heavy atom. The molecular weight excluding hydrogens is 873 g/mol. The van der Waals surface area contributed by atoms with Crippen LogP contribution in [0.4, 0.5) is 21.2 Å². The predicted octanol–water partition coefficient (Wildman–Crippen LogP) is 10.8. The van der Waals surface area contributed by atoms with Crippen molar-refractivity contribution in [3.05, 3.63) is 166 Å². The number of carbonyl (C=O) groups is 4. The number of Topliss-reactive ketones (excluding diaryl/α,β-unsaturated/α-hetero) is 2. The van der Waals surface area contributed by atoms with Gasteiger partial charge in [0.05, 0.1) is 29.8 Å². The number of aliphatic imine (C=N–C) groups is 2. The molecule has 2 aliphatic carbocycles. The lowest BCUT2D eigenvalue weighted by Crippen LogP contribution is -2.15. The fourth-order valence-electron chi connectivity index (χ4n) is 8.02. The number of hydrogen-bond acceptors (Lipinski definition) is 14. The maximum atomic E-state index is 14.4. The van der Waals surface area contributed by atoms with E-state index in [0.717, 1.165) is 0 Å². The van der Waals surface area contributed by atoms with E-state index >= 15 is 0 Å². The average Bonchev–Trinajstić information content (AvgIpc) is 4.17. The van der Waals surface area contributed by atoms with Crippen molar-refractivity contribution in [2.75, 3.05) is 0 Å². The summed E-state index contributed by atoms with van der Waals surface area (Å²) < 4.78 is 16.2. The Bertz CT molecular complexity index is 3500. The van der Waals surface area contributed by atoms with Crippen molar-refractivity contribution in [1.82, 2.24) is 9.13 Å². The van der Waals surface area contributed by atoms with E-state index in [9.17, 15) is 40.2 Å². The SMILES string of the molecule is N#CC(C#N)=C1C(=Nc2cc3sc4c(sc5cc(N=C6C(=O)c7ccccc7C6=C(C#N)C#N)n(C(=O)OCc6ccccc6)c54)c3n2C(=O)OCc2ccccc2)C(=O)c2ccccc21. The maximum Gasteiger partial charge on any atom is 0.420 e. The van der Waals surface area contributed by atoms with Crippen LogP contribution in [-0.2, 0) is 22.7 Å². The molecule has 66 heavy (non-hydrogen) atoms. The molecule has 0 spiro atoms. The van der Waals surface area contributed by atoms with Gasteiger partial charge in [-0.2, -0.15) is 21.0 Å². The summed E-state index contributed by atoms with van der Waals surface area (Å²) in [5.41, 5.74) is 2.31. The molecule has 14 nitrogen and oxygen atoms in total. The van der Waals surface area contributed by atoms with E-state index in [1.165, 1.54) is 31.8 Å². The third-order valence-electron chi connectivity index (χ3n) is 10.9. The molecule has 0 N–H and O–H groups in total. The molecular formula is C50H24N8O6S2. The summed E-state index contributed by atoms with van der Waals surface area (Å²) in [6.45, 7) is -0.226. The Hall–Kier alpha value is -9.32. The van der Waals surface area contributed by atoms with Crippen molar-refractivity contribution in [2.45, 2.75) is 13.2 Å². The third kappa shape index (κ3) is 6.59. The van der Waals surface area contributed by atoms with Crippen LogP contribution in [-0.4, -0.2) is 44.3 Å². The second-order valence-corrected chi connectivity index (χ2v) is 16.8. The molecule has 8 aromatic rings. The fourth-order valence-corrected chi connectivity index (χ4v) is 10.7. The van der Waals surface area contributed by atoms with Crippen LogP contribution in [0.5, 0.6) is 0 Å². The molecule has 16 heteroatoms. The molecule has 4 heterocycles. The number of ketones is 2. The van der Waals surface area contributed by atoms with Gasteiger partial charge in [0.15, 0.2) is 0 Å². The first-order valence-electron chi connectivity index (χ1n) is 19.8. The molecule has 0 radical (unpaired) electrons. The third-order valence-corrected chi connectivity index (χ3v) is 13.3. The van der Waals surface area contributed by atoms with Crippen LogP contribution in [0.3, 0.4) is 0 Å². The Morgan fingerprint density at radius 2 is 0.864 bits per heavy atom. The number of aromatic nitrogens is 2. The molecule has 0 amide bonds. The summed E-state index contributed by atoms with van der Waals surface area (Å²) in [5.74, 6) is -1.11. The molecule has 0 fully saturated rings. The maximum absolute atomic E-state index is 14.4. The van der Waals surface area contributed by atoms with Gasteiger partial charge < -0.3 is 9.47 Å². The van der Waals surface area contributed by atoms with E-state index in [1.54, 1.807) is 109 Å². The number of benzene rings is 4. The lowest BCUT2D eigenvalue weighted by molar-refractivity contribution is 0.106. The molecule has 0 atom stereocenters. The molecule has 4 aromatic heterocycles. The first kappa shape index (κ1) is 40.7. The molecule has 312 valence electrons. The summed E-state index contributed by atoms with van der Waals surface area (Å²) in [5, 5.41) is 39.8. The normalized spacial score (nSPS) is 14.0. The molecule has 0 aliphatic heterocycles. The lowest BCUT2D eigenvalue weighted by atomic mass is 10.0. The van der Waals surface area contributed by atoms with Gasteiger partial charge in [-0.1, -0.05) is 109 Å². The highest BCUT2D eigenvalue weighted by Gasteiger charge is 2.37. The first-order valence-corrected chi connectivity index (χ1v) is 21.5. The molecule has 0 saturated heterocycles.